The van der Waals surface area contributed by atoms with Crippen LogP contribution >= 0.6 is 11.3 Å². The summed E-state index contributed by atoms with van der Waals surface area (Å²) in [6, 6.07) is 2.14. The fourth-order valence-corrected chi connectivity index (χ4v) is 1.69. The SMILES string of the molecule is O=CCCCCc1ccsc1. The van der Waals surface area contributed by atoms with Gasteiger partial charge in [-0.15, -0.1) is 0 Å². The number of thiophene rings is 1. The average Bonchev–Trinajstić information content (AvgIpc) is 2.50. The third-order valence-electron chi connectivity index (χ3n) is 1.62. The number of carbonyl (C=O) groups is 1. The van der Waals surface area contributed by atoms with Gasteiger partial charge >= 0.3 is 0 Å². The number of aldehydes is 1. The number of hydrogen-bond donors (Lipinski definition) is 0. The van der Waals surface area contributed by atoms with Crippen LogP contribution in [0.5, 0.6) is 0 Å². The molecule has 0 radical (unpaired) electrons. The maximum absolute atomic E-state index is 9.97. The van der Waals surface area contributed by atoms with Gasteiger partial charge in [-0.3, -0.25) is 0 Å². The molecule has 0 bridgehead atoms. The van der Waals surface area contributed by atoms with Gasteiger partial charge in [0.05, 0.1) is 0 Å². The molecule has 0 saturated carbocycles. The summed E-state index contributed by atoms with van der Waals surface area (Å²) in [5, 5.41) is 4.26. The van der Waals surface area contributed by atoms with E-state index in [2.05, 4.69) is 16.8 Å². The Bertz CT molecular complexity index is 191. The molecule has 0 unspecified atom stereocenters. The molecule has 60 valence electrons. The van der Waals surface area contributed by atoms with Crippen LogP contribution in [0.15, 0.2) is 16.8 Å². The van der Waals surface area contributed by atoms with Gasteiger partial charge in [-0.1, -0.05) is 0 Å². The second kappa shape index (κ2) is 5.08. The van der Waals surface area contributed by atoms with Crippen molar-refractivity contribution in [3.63, 3.8) is 0 Å². The predicted octanol–water partition coefficient (Wildman–Crippen LogP) is 2.66. The van der Waals surface area contributed by atoms with Crippen molar-refractivity contribution in [1.29, 1.82) is 0 Å². The summed E-state index contributed by atoms with van der Waals surface area (Å²) in [5.74, 6) is 0. The first-order valence-corrected chi connectivity index (χ1v) is 4.82. The van der Waals surface area contributed by atoms with E-state index < -0.39 is 0 Å². The molecular formula is C9H12OS. The molecule has 0 atom stereocenters. The Morgan fingerprint density at radius 3 is 3.00 bits per heavy atom. The fourth-order valence-electron chi connectivity index (χ4n) is 0.992. The molecule has 0 aliphatic rings. The molecule has 2 heteroatoms. The number of rotatable bonds is 5. The molecule has 0 saturated heterocycles. The molecule has 11 heavy (non-hydrogen) atoms. The van der Waals surface area contributed by atoms with Crippen LogP contribution in [0.4, 0.5) is 0 Å². The Morgan fingerprint density at radius 1 is 1.45 bits per heavy atom. The van der Waals surface area contributed by atoms with E-state index in [0.29, 0.717) is 6.42 Å². The molecule has 1 aromatic heterocycles. The first kappa shape index (κ1) is 8.47. The normalized spacial score (nSPS) is 9.82. The van der Waals surface area contributed by atoms with Crippen molar-refractivity contribution in [1.82, 2.24) is 0 Å². The highest BCUT2D eigenvalue weighted by molar-refractivity contribution is 7.07. The first-order chi connectivity index (χ1) is 5.43. The Labute approximate surface area is 71.1 Å². The largest absolute Gasteiger partial charge is 0.303 e. The van der Waals surface area contributed by atoms with E-state index in [0.717, 1.165) is 25.5 Å². The monoisotopic (exact) mass is 168 g/mol. The average molecular weight is 168 g/mol. The predicted molar refractivity (Wildman–Crippen MR) is 47.9 cm³/mol. The maximum Gasteiger partial charge on any atom is 0.119 e. The van der Waals surface area contributed by atoms with Crippen LogP contribution in [0.25, 0.3) is 0 Å². The second-order valence-corrected chi connectivity index (χ2v) is 3.32. The van der Waals surface area contributed by atoms with Gasteiger partial charge in [0.25, 0.3) is 0 Å². The lowest BCUT2D eigenvalue weighted by Crippen LogP contribution is -1.82. The second-order valence-electron chi connectivity index (χ2n) is 2.54. The van der Waals surface area contributed by atoms with E-state index >= 15 is 0 Å². The molecule has 0 amide bonds. The van der Waals surface area contributed by atoms with Gasteiger partial charge in [-0.05, 0) is 41.7 Å². The molecule has 0 aliphatic heterocycles. The quantitative estimate of drug-likeness (QED) is 0.488. The van der Waals surface area contributed by atoms with Crippen LogP contribution in [-0.4, -0.2) is 6.29 Å². The zero-order chi connectivity index (χ0) is 7.94. The van der Waals surface area contributed by atoms with Gasteiger partial charge in [-0.2, -0.15) is 11.3 Å². The Morgan fingerprint density at radius 2 is 2.36 bits per heavy atom. The summed E-state index contributed by atoms with van der Waals surface area (Å²) in [4.78, 5) is 9.97. The Balaban J connectivity index is 2.09. The van der Waals surface area contributed by atoms with Gasteiger partial charge in [0.2, 0.25) is 0 Å². The molecule has 1 heterocycles. The molecule has 0 fully saturated rings. The van der Waals surface area contributed by atoms with Crippen molar-refractivity contribution < 1.29 is 4.79 Å². The third-order valence-corrected chi connectivity index (χ3v) is 2.35. The van der Waals surface area contributed by atoms with E-state index in [4.69, 9.17) is 0 Å². The first-order valence-electron chi connectivity index (χ1n) is 3.88. The lowest BCUT2D eigenvalue weighted by atomic mass is 10.1. The van der Waals surface area contributed by atoms with Gasteiger partial charge in [0, 0.05) is 6.42 Å². The molecule has 0 aliphatic carbocycles. The summed E-state index contributed by atoms with van der Waals surface area (Å²) in [6.07, 6.45) is 4.99. The van der Waals surface area contributed by atoms with Crippen molar-refractivity contribution in [3.05, 3.63) is 22.4 Å². The van der Waals surface area contributed by atoms with Crippen LogP contribution in [0, 0.1) is 0 Å². The van der Waals surface area contributed by atoms with Crippen LogP contribution in [0.2, 0.25) is 0 Å². The molecule has 0 spiro atoms. The van der Waals surface area contributed by atoms with E-state index in [9.17, 15) is 4.79 Å². The molecule has 0 N–H and O–H groups in total. The van der Waals surface area contributed by atoms with E-state index in [1.807, 2.05) is 0 Å². The lowest BCUT2D eigenvalue weighted by molar-refractivity contribution is -0.107. The van der Waals surface area contributed by atoms with Crippen LogP contribution < -0.4 is 0 Å². The van der Waals surface area contributed by atoms with Crippen molar-refractivity contribution in [3.8, 4) is 0 Å². The lowest BCUT2D eigenvalue weighted by Gasteiger charge is -1.93. The van der Waals surface area contributed by atoms with Gasteiger partial charge in [-0.25, -0.2) is 0 Å². The summed E-state index contributed by atoms with van der Waals surface area (Å²) >= 11 is 1.73. The third kappa shape index (κ3) is 3.33. The molecule has 1 rings (SSSR count). The minimum Gasteiger partial charge on any atom is -0.303 e. The highest BCUT2D eigenvalue weighted by Crippen LogP contribution is 2.09. The van der Waals surface area contributed by atoms with Gasteiger partial charge in [0.1, 0.15) is 6.29 Å². The number of hydrogen-bond acceptors (Lipinski definition) is 2. The van der Waals surface area contributed by atoms with E-state index in [1.165, 1.54) is 5.56 Å². The highest BCUT2D eigenvalue weighted by atomic mass is 32.1. The standard InChI is InChI=1S/C9H12OS/c10-6-3-1-2-4-9-5-7-11-8-9/h5-8H,1-4H2. The number of unbranched alkanes of at least 4 members (excludes halogenated alkanes) is 2. The smallest absolute Gasteiger partial charge is 0.119 e. The van der Waals surface area contributed by atoms with Crippen LogP contribution in [0.1, 0.15) is 24.8 Å². The summed E-state index contributed by atoms with van der Waals surface area (Å²) < 4.78 is 0. The van der Waals surface area contributed by atoms with Crippen LogP contribution in [-0.2, 0) is 11.2 Å². The topological polar surface area (TPSA) is 17.1 Å². The van der Waals surface area contributed by atoms with Crippen molar-refractivity contribution in [2.75, 3.05) is 0 Å². The molecular weight excluding hydrogens is 156 g/mol. The maximum atomic E-state index is 9.97. The van der Waals surface area contributed by atoms with Crippen molar-refractivity contribution in [2.45, 2.75) is 25.7 Å². The summed E-state index contributed by atoms with van der Waals surface area (Å²) in [6.45, 7) is 0. The van der Waals surface area contributed by atoms with Crippen molar-refractivity contribution in [2.24, 2.45) is 0 Å². The fraction of sp³-hybridized carbons (Fsp3) is 0.444. The Kier molecular flexibility index (Phi) is 3.91. The molecule has 1 aromatic rings. The molecule has 1 nitrogen and oxygen atoms in total. The minimum atomic E-state index is 0.712. The number of carbonyl (C=O) groups excluding carboxylic acids is 1. The highest BCUT2D eigenvalue weighted by Gasteiger charge is 1.92. The van der Waals surface area contributed by atoms with E-state index in [-0.39, 0.29) is 0 Å². The summed E-state index contributed by atoms with van der Waals surface area (Å²) in [5.41, 5.74) is 1.40. The zero-order valence-corrected chi connectivity index (χ0v) is 7.27. The van der Waals surface area contributed by atoms with Crippen molar-refractivity contribution >= 4 is 17.6 Å². The zero-order valence-electron chi connectivity index (χ0n) is 6.45. The van der Waals surface area contributed by atoms with Gasteiger partial charge in [0.15, 0.2) is 0 Å². The summed E-state index contributed by atoms with van der Waals surface area (Å²) in [7, 11) is 0. The molecule has 0 aromatic carbocycles. The number of aryl methyl sites for hydroxylation is 1. The van der Waals surface area contributed by atoms with Crippen LogP contribution in [0.3, 0.4) is 0 Å². The minimum absolute atomic E-state index is 0.712. The Hall–Kier alpha value is -0.630. The van der Waals surface area contributed by atoms with E-state index in [1.54, 1.807) is 11.3 Å². The van der Waals surface area contributed by atoms with Gasteiger partial charge < -0.3 is 4.79 Å².